The summed E-state index contributed by atoms with van der Waals surface area (Å²) in [6.45, 7) is 0.213. The minimum absolute atomic E-state index is 0.263. The van der Waals surface area contributed by atoms with Crippen LogP contribution in [0.5, 0.6) is 0 Å². The second-order valence-electron chi connectivity index (χ2n) is 8.66. The summed E-state index contributed by atoms with van der Waals surface area (Å²) in [6.07, 6.45) is 5.12. The van der Waals surface area contributed by atoms with Crippen LogP contribution in [0.25, 0.3) is 0 Å². The van der Waals surface area contributed by atoms with E-state index in [4.69, 9.17) is 9.47 Å². The van der Waals surface area contributed by atoms with Gasteiger partial charge in [0.2, 0.25) is 0 Å². The van der Waals surface area contributed by atoms with Gasteiger partial charge in [-0.25, -0.2) is 4.39 Å². The Hall–Kier alpha value is -1.13. The second-order valence-corrected chi connectivity index (χ2v) is 8.66. The highest BCUT2D eigenvalue weighted by molar-refractivity contribution is 5.27. The topological polar surface area (TPSA) is 27.7 Å². The molecule has 0 N–H and O–H groups in total. The molecule has 10 heteroatoms. The molecular formula is C23H33F7O3. The van der Waals surface area contributed by atoms with Gasteiger partial charge in [-0.2, -0.15) is 26.3 Å². The predicted molar refractivity (Wildman–Crippen MR) is 109 cm³/mol. The lowest BCUT2D eigenvalue weighted by Gasteiger charge is -2.34. The highest BCUT2D eigenvalue weighted by Gasteiger charge is 2.73. The van der Waals surface area contributed by atoms with Crippen molar-refractivity contribution >= 4 is 0 Å². The Labute approximate surface area is 190 Å². The molecule has 0 aromatic rings. The monoisotopic (exact) mass is 490 g/mol. The Morgan fingerprint density at radius 3 is 2.09 bits per heavy atom. The Morgan fingerprint density at radius 1 is 0.939 bits per heavy atom. The van der Waals surface area contributed by atoms with E-state index in [1.807, 2.05) is 0 Å². The standard InChI is InChI=1S/C23H33F7O3/c1-2-3-4-5-6-7-8-9-17-14-31-20(32-15-17)18-10-12-19(13-11-18)33-23(29,30)22(27,28)21(25,26)16-24/h10-12,17,19-20H,2-9,13-16H2,1H3. The van der Waals surface area contributed by atoms with Gasteiger partial charge in [0.1, 0.15) is 0 Å². The lowest BCUT2D eigenvalue weighted by Crippen LogP contribution is -2.57. The third-order valence-corrected chi connectivity index (χ3v) is 5.84. The average molecular weight is 491 g/mol. The molecule has 0 bridgehead atoms. The van der Waals surface area contributed by atoms with Gasteiger partial charge >= 0.3 is 18.0 Å². The Kier molecular flexibility index (Phi) is 10.7. The van der Waals surface area contributed by atoms with E-state index in [0.29, 0.717) is 18.8 Å². The number of ether oxygens (including phenoxy) is 3. The smallest absolute Gasteiger partial charge is 0.348 e. The van der Waals surface area contributed by atoms with Gasteiger partial charge < -0.3 is 14.2 Å². The van der Waals surface area contributed by atoms with Gasteiger partial charge in [0.25, 0.3) is 0 Å². The molecule has 0 saturated carbocycles. The van der Waals surface area contributed by atoms with Crippen LogP contribution in [0.2, 0.25) is 0 Å². The highest BCUT2D eigenvalue weighted by atomic mass is 19.4. The number of hydrogen-bond donors (Lipinski definition) is 0. The first-order valence-electron chi connectivity index (χ1n) is 11.5. The molecule has 0 radical (unpaired) electrons. The van der Waals surface area contributed by atoms with Gasteiger partial charge in [-0.1, -0.05) is 70.1 Å². The molecule has 0 spiro atoms. The van der Waals surface area contributed by atoms with Gasteiger partial charge in [0, 0.05) is 11.5 Å². The van der Waals surface area contributed by atoms with E-state index in [2.05, 4.69) is 11.7 Å². The van der Waals surface area contributed by atoms with E-state index in [1.165, 1.54) is 50.7 Å². The van der Waals surface area contributed by atoms with Gasteiger partial charge in [0.05, 0.1) is 19.3 Å². The quantitative estimate of drug-likeness (QED) is 0.190. The first kappa shape index (κ1) is 28.1. The predicted octanol–water partition coefficient (Wildman–Crippen LogP) is 7.22. The first-order chi connectivity index (χ1) is 15.5. The van der Waals surface area contributed by atoms with Crippen molar-refractivity contribution < 1.29 is 44.9 Å². The summed E-state index contributed by atoms with van der Waals surface area (Å²) in [5, 5.41) is 0. The molecule has 1 aliphatic carbocycles. The lowest BCUT2D eigenvalue weighted by molar-refractivity contribution is -0.405. The van der Waals surface area contributed by atoms with E-state index in [9.17, 15) is 30.7 Å². The van der Waals surface area contributed by atoms with Crippen molar-refractivity contribution in [2.75, 3.05) is 19.9 Å². The molecular weight excluding hydrogens is 457 g/mol. The Bertz CT molecular complexity index is 644. The maximum absolute atomic E-state index is 13.6. The van der Waals surface area contributed by atoms with Gasteiger partial charge in [-0.05, 0) is 12.8 Å². The van der Waals surface area contributed by atoms with Crippen LogP contribution in [0, 0.1) is 5.92 Å². The average Bonchev–Trinajstić information content (AvgIpc) is 2.79. The van der Waals surface area contributed by atoms with Crippen molar-refractivity contribution in [3.8, 4) is 0 Å². The minimum Gasteiger partial charge on any atom is -0.348 e. The zero-order valence-electron chi connectivity index (χ0n) is 18.8. The molecule has 2 rings (SSSR count). The van der Waals surface area contributed by atoms with Crippen molar-refractivity contribution in [2.45, 2.75) is 95.1 Å². The number of rotatable bonds is 14. The number of halogens is 7. The fourth-order valence-corrected chi connectivity index (χ4v) is 3.73. The van der Waals surface area contributed by atoms with Crippen LogP contribution in [0.1, 0.15) is 64.7 Å². The lowest BCUT2D eigenvalue weighted by atomic mass is 10.00. The highest BCUT2D eigenvalue weighted by Crippen LogP contribution is 2.47. The van der Waals surface area contributed by atoms with Crippen LogP contribution >= 0.6 is 0 Å². The summed E-state index contributed by atoms with van der Waals surface area (Å²) >= 11 is 0. The molecule has 0 aromatic heterocycles. The summed E-state index contributed by atoms with van der Waals surface area (Å²) in [7, 11) is 0. The molecule has 1 saturated heterocycles. The summed E-state index contributed by atoms with van der Waals surface area (Å²) in [6, 6.07) is 0. The van der Waals surface area contributed by atoms with Crippen molar-refractivity contribution in [3.05, 3.63) is 23.8 Å². The number of hydrogen-bond acceptors (Lipinski definition) is 3. The third kappa shape index (κ3) is 7.68. The summed E-state index contributed by atoms with van der Waals surface area (Å²) in [5.74, 6) is -11.3. The van der Waals surface area contributed by atoms with Gasteiger partial charge in [-0.15, -0.1) is 0 Å². The molecule has 0 aromatic carbocycles. The molecule has 1 aliphatic heterocycles. The third-order valence-electron chi connectivity index (χ3n) is 5.84. The van der Waals surface area contributed by atoms with E-state index in [1.54, 1.807) is 0 Å². The van der Waals surface area contributed by atoms with Crippen LogP contribution in [0.4, 0.5) is 30.7 Å². The summed E-state index contributed by atoms with van der Waals surface area (Å²) < 4.78 is 107. The van der Waals surface area contributed by atoms with Crippen molar-refractivity contribution in [3.63, 3.8) is 0 Å². The molecule has 1 atom stereocenters. The Morgan fingerprint density at radius 2 is 1.55 bits per heavy atom. The molecule has 0 amide bonds. The van der Waals surface area contributed by atoms with Crippen LogP contribution in [0.15, 0.2) is 23.8 Å². The maximum Gasteiger partial charge on any atom is 0.426 e. The normalized spacial score (nSPS) is 24.7. The van der Waals surface area contributed by atoms with E-state index >= 15 is 0 Å². The van der Waals surface area contributed by atoms with Gasteiger partial charge in [-0.3, -0.25) is 0 Å². The fourth-order valence-electron chi connectivity index (χ4n) is 3.73. The maximum atomic E-state index is 13.6. The zero-order valence-corrected chi connectivity index (χ0v) is 18.8. The summed E-state index contributed by atoms with van der Waals surface area (Å²) in [4.78, 5) is 0. The largest absolute Gasteiger partial charge is 0.426 e. The van der Waals surface area contributed by atoms with Crippen LogP contribution in [-0.4, -0.2) is 50.2 Å². The zero-order chi connectivity index (χ0) is 24.5. The molecule has 1 heterocycles. The second kappa shape index (κ2) is 12.5. The summed E-state index contributed by atoms with van der Waals surface area (Å²) in [5.41, 5.74) is 0.508. The van der Waals surface area contributed by atoms with Crippen molar-refractivity contribution in [1.82, 2.24) is 0 Å². The fraction of sp³-hybridized carbons (Fsp3) is 0.826. The number of unbranched alkanes of at least 4 members (excludes halogenated alkanes) is 6. The minimum atomic E-state index is -5.99. The van der Waals surface area contributed by atoms with Crippen LogP contribution < -0.4 is 0 Å². The molecule has 33 heavy (non-hydrogen) atoms. The van der Waals surface area contributed by atoms with Gasteiger partial charge in [0.15, 0.2) is 13.0 Å². The van der Waals surface area contributed by atoms with E-state index < -0.39 is 37.0 Å². The SMILES string of the molecule is CCCCCCCCCC1COC(C2=CCC(OC(F)(F)C(F)(F)C(F)(F)CF)C=C2)OC1. The molecule has 1 unspecified atom stereocenters. The number of alkyl halides is 7. The van der Waals surface area contributed by atoms with Crippen molar-refractivity contribution in [1.29, 1.82) is 0 Å². The van der Waals surface area contributed by atoms with E-state index in [-0.39, 0.29) is 12.3 Å². The van der Waals surface area contributed by atoms with Crippen LogP contribution in [0.3, 0.4) is 0 Å². The molecule has 192 valence electrons. The molecule has 2 aliphatic rings. The molecule has 3 nitrogen and oxygen atoms in total. The molecule has 1 fully saturated rings. The first-order valence-corrected chi connectivity index (χ1v) is 11.5. The Balaban J connectivity index is 1.73. The van der Waals surface area contributed by atoms with E-state index in [0.717, 1.165) is 18.9 Å². The van der Waals surface area contributed by atoms with Crippen LogP contribution in [-0.2, 0) is 14.2 Å². The van der Waals surface area contributed by atoms with Crippen molar-refractivity contribution in [2.24, 2.45) is 5.92 Å².